The van der Waals surface area contributed by atoms with Crippen molar-refractivity contribution in [3.05, 3.63) is 24.3 Å². The summed E-state index contributed by atoms with van der Waals surface area (Å²) in [6, 6.07) is 7.96. The van der Waals surface area contributed by atoms with Gasteiger partial charge in [0.25, 0.3) is 0 Å². The van der Waals surface area contributed by atoms with E-state index in [1.807, 2.05) is 18.2 Å². The van der Waals surface area contributed by atoms with Crippen molar-refractivity contribution in [2.75, 3.05) is 29.1 Å². The number of rotatable bonds is 3. The maximum absolute atomic E-state index is 5.70. The van der Waals surface area contributed by atoms with E-state index in [2.05, 4.69) is 23.1 Å². The summed E-state index contributed by atoms with van der Waals surface area (Å²) in [5.74, 6) is 3.46. The van der Waals surface area contributed by atoms with Crippen LogP contribution in [0.4, 0.5) is 11.4 Å². The maximum Gasteiger partial charge on any atom is 0.0360 e. The van der Waals surface area contributed by atoms with E-state index < -0.39 is 0 Å². The average Bonchev–Trinajstić information content (AvgIpc) is 2.67. The molecule has 0 bridgehead atoms. The Labute approximate surface area is 89.3 Å². The van der Waals surface area contributed by atoms with Crippen molar-refractivity contribution in [3.8, 4) is 0 Å². The molecular formula is C11H16N2S. The van der Waals surface area contributed by atoms with Gasteiger partial charge in [-0.25, -0.2) is 0 Å². The first-order valence-corrected chi connectivity index (χ1v) is 6.17. The Bertz CT molecular complexity index is 295. The van der Waals surface area contributed by atoms with Gasteiger partial charge in [0.15, 0.2) is 0 Å². The van der Waals surface area contributed by atoms with Crippen molar-refractivity contribution in [2.24, 2.45) is 5.92 Å². The van der Waals surface area contributed by atoms with Gasteiger partial charge in [-0.1, -0.05) is 6.07 Å². The Morgan fingerprint density at radius 1 is 1.50 bits per heavy atom. The van der Waals surface area contributed by atoms with Gasteiger partial charge in [-0.05, 0) is 42.0 Å². The zero-order valence-corrected chi connectivity index (χ0v) is 9.02. The fourth-order valence-electron chi connectivity index (χ4n) is 1.66. The van der Waals surface area contributed by atoms with Gasteiger partial charge < -0.3 is 11.1 Å². The van der Waals surface area contributed by atoms with E-state index in [1.165, 1.54) is 17.9 Å². The number of thioether (sulfide) groups is 1. The van der Waals surface area contributed by atoms with Crippen molar-refractivity contribution in [3.63, 3.8) is 0 Å². The lowest BCUT2D eigenvalue weighted by Gasteiger charge is -2.11. The monoisotopic (exact) mass is 208 g/mol. The van der Waals surface area contributed by atoms with E-state index in [9.17, 15) is 0 Å². The lowest BCUT2D eigenvalue weighted by molar-refractivity contribution is 0.632. The topological polar surface area (TPSA) is 38.0 Å². The Morgan fingerprint density at radius 3 is 3.14 bits per heavy atom. The summed E-state index contributed by atoms with van der Waals surface area (Å²) in [7, 11) is 0. The molecule has 2 nitrogen and oxygen atoms in total. The number of nitrogens with one attached hydrogen (secondary N) is 1. The first kappa shape index (κ1) is 9.71. The minimum Gasteiger partial charge on any atom is -0.399 e. The van der Waals surface area contributed by atoms with Crippen LogP contribution in [0.5, 0.6) is 0 Å². The van der Waals surface area contributed by atoms with Gasteiger partial charge in [0.2, 0.25) is 0 Å². The van der Waals surface area contributed by atoms with Gasteiger partial charge in [0, 0.05) is 17.9 Å². The molecule has 1 aliphatic heterocycles. The van der Waals surface area contributed by atoms with Crippen molar-refractivity contribution in [1.29, 1.82) is 0 Å². The van der Waals surface area contributed by atoms with Crippen molar-refractivity contribution in [2.45, 2.75) is 6.42 Å². The molecule has 0 spiro atoms. The molecule has 1 aromatic carbocycles. The van der Waals surface area contributed by atoms with Gasteiger partial charge in [0.05, 0.1) is 0 Å². The SMILES string of the molecule is Nc1cccc(NCC2CCSC2)c1. The third-order valence-electron chi connectivity index (χ3n) is 2.51. The summed E-state index contributed by atoms with van der Waals surface area (Å²) in [5.41, 5.74) is 7.67. The highest BCUT2D eigenvalue weighted by atomic mass is 32.2. The van der Waals surface area contributed by atoms with Crippen LogP contribution in [-0.2, 0) is 0 Å². The van der Waals surface area contributed by atoms with Gasteiger partial charge in [-0.3, -0.25) is 0 Å². The number of benzene rings is 1. The molecule has 2 rings (SSSR count). The second-order valence-electron chi connectivity index (χ2n) is 3.74. The first-order chi connectivity index (χ1) is 6.84. The fourth-order valence-corrected chi connectivity index (χ4v) is 2.94. The van der Waals surface area contributed by atoms with Crippen molar-refractivity contribution < 1.29 is 0 Å². The molecule has 0 aliphatic carbocycles. The fraction of sp³-hybridized carbons (Fsp3) is 0.455. The molecule has 1 saturated heterocycles. The molecule has 0 radical (unpaired) electrons. The molecule has 0 amide bonds. The molecule has 1 heterocycles. The highest BCUT2D eigenvalue weighted by Gasteiger charge is 2.14. The van der Waals surface area contributed by atoms with E-state index in [0.717, 1.165) is 23.8 Å². The third-order valence-corrected chi connectivity index (χ3v) is 3.74. The largest absolute Gasteiger partial charge is 0.399 e. The number of hydrogen-bond acceptors (Lipinski definition) is 3. The average molecular weight is 208 g/mol. The lowest BCUT2D eigenvalue weighted by Crippen LogP contribution is -2.13. The quantitative estimate of drug-likeness (QED) is 0.749. The second kappa shape index (κ2) is 4.60. The van der Waals surface area contributed by atoms with Crippen LogP contribution < -0.4 is 11.1 Å². The molecular weight excluding hydrogens is 192 g/mol. The standard InChI is InChI=1S/C11H16N2S/c12-10-2-1-3-11(6-10)13-7-9-4-5-14-8-9/h1-3,6,9,13H,4-5,7-8,12H2. The zero-order valence-electron chi connectivity index (χ0n) is 8.20. The predicted octanol–water partition coefficient (Wildman–Crippen LogP) is 2.43. The van der Waals surface area contributed by atoms with E-state index in [-0.39, 0.29) is 0 Å². The van der Waals surface area contributed by atoms with Crippen LogP contribution in [0.3, 0.4) is 0 Å². The molecule has 3 heteroatoms. The number of hydrogen-bond donors (Lipinski definition) is 2. The molecule has 1 atom stereocenters. The van der Waals surface area contributed by atoms with E-state index >= 15 is 0 Å². The van der Waals surface area contributed by atoms with Crippen molar-refractivity contribution >= 4 is 23.1 Å². The summed E-state index contributed by atoms with van der Waals surface area (Å²) >= 11 is 2.06. The summed E-state index contributed by atoms with van der Waals surface area (Å²) in [6.07, 6.45) is 1.35. The van der Waals surface area contributed by atoms with E-state index in [4.69, 9.17) is 5.73 Å². The Kier molecular flexibility index (Phi) is 3.19. The smallest absolute Gasteiger partial charge is 0.0360 e. The number of nitrogen functional groups attached to an aromatic ring is 1. The van der Waals surface area contributed by atoms with Gasteiger partial charge in [0.1, 0.15) is 0 Å². The molecule has 0 aromatic heterocycles. The lowest BCUT2D eigenvalue weighted by atomic mass is 10.1. The minimum atomic E-state index is 0.829. The highest BCUT2D eigenvalue weighted by Crippen LogP contribution is 2.23. The molecule has 1 fully saturated rings. The highest BCUT2D eigenvalue weighted by molar-refractivity contribution is 7.99. The normalized spacial score (nSPS) is 21.0. The van der Waals surface area contributed by atoms with Crippen LogP contribution in [0, 0.1) is 5.92 Å². The van der Waals surface area contributed by atoms with E-state index in [1.54, 1.807) is 0 Å². The number of anilines is 2. The Morgan fingerprint density at radius 2 is 2.43 bits per heavy atom. The molecule has 0 saturated carbocycles. The Hall–Kier alpha value is -0.830. The Balaban J connectivity index is 1.85. The first-order valence-electron chi connectivity index (χ1n) is 5.02. The van der Waals surface area contributed by atoms with Crippen LogP contribution in [0.15, 0.2) is 24.3 Å². The second-order valence-corrected chi connectivity index (χ2v) is 4.89. The zero-order chi connectivity index (χ0) is 9.80. The predicted molar refractivity (Wildman–Crippen MR) is 64.8 cm³/mol. The summed E-state index contributed by atoms with van der Waals surface area (Å²) in [6.45, 7) is 1.08. The molecule has 3 N–H and O–H groups in total. The number of nitrogens with two attached hydrogens (primary N) is 1. The molecule has 1 unspecified atom stereocenters. The summed E-state index contributed by atoms with van der Waals surface area (Å²) < 4.78 is 0. The van der Waals surface area contributed by atoms with Crippen LogP contribution in [0.1, 0.15) is 6.42 Å². The van der Waals surface area contributed by atoms with Gasteiger partial charge in [-0.2, -0.15) is 11.8 Å². The van der Waals surface area contributed by atoms with Crippen LogP contribution in [0.2, 0.25) is 0 Å². The molecule has 76 valence electrons. The molecule has 1 aliphatic rings. The maximum atomic E-state index is 5.70. The molecule has 14 heavy (non-hydrogen) atoms. The third kappa shape index (κ3) is 2.58. The van der Waals surface area contributed by atoms with Crippen LogP contribution >= 0.6 is 11.8 Å². The summed E-state index contributed by atoms with van der Waals surface area (Å²) in [5, 5.41) is 3.43. The van der Waals surface area contributed by atoms with Crippen molar-refractivity contribution in [1.82, 2.24) is 0 Å². The van der Waals surface area contributed by atoms with Gasteiger partial charge in [-0.15, -0.1) is 0 Å². The summed E-state index contributed by atoms with van der Waals surface area (Å²) in [4.78, 5) is 0. The minimum absolute atomic E-state index is 0.829. The van der Waals surface area contributed by atoms with Gasteiger partial charge >= 0.3 is 0 Å². The van der Waals surface area contributed by atoms with Crippen LogP contribution in [0.25, 0.3) is 0 Å². The molecule has 1 aromatic rings. The van der Waals surface area contributed by atoms with Crippen LogP contribution in [-0.4, -0.2) is 18.1 Å². The van der Waals surface area contributed by atoms with E-state index in [0.29, 0.717) is 0 Å².